The average molecular weight is 245 g/mol. The lowest BCUT2D eigenvalue weighted by Crippen LogP contribution is -2.23. The molecule has 1 aliphatic rings. The number of carbonyl (C=O) groups excluding carboxylic acids is 1. The van der Waals surface area contributed by atoms with Crippen LogP contribution < -0.4 is 5.32 Å². The first-order valence-corrected chi connectivity index (χ1v) is 5.02. The number of alkyl carbamates (subject to hydrolysis) is 1. The van der Waals surface area contributed by atoms with Crippen molar-refractivity contribution in [2.75, 3.05) is 0 Å². The highest BCUT2D eigenvalue weighted by molar-refractivity contribution is 5.70. The molecule has 0 saturated carbocycles. The molecule has 2 atom stereocenters. The lowest BCUT2D eigenvalue weighted by atomic mass is 10.0. The van der Waals surface area contributed by atoms with Crippen LogP contribution in [0.3, 0.4) is 0 Å². The van der Waals surface area contributed by atoms with E-state index in [-0.39, 0.29) is 6.04 Å². The van der Waals surface area contributed by atoms with Crippen LogP contribution in [0.1, 0.15) is 24.2 Å². The zero-order valence-electron chi connectivity index (χ0n) is 8.91. The summed E-state index contributed by atoms with van der Waals surface area (Å²) in [6, 6.07) is 4.36. The molecule has 92 valence electrons. The average Bonchev–Trinajstić information content (AvgIpc) is 2.57. The fraction of sp³-hybridized carbons (Fsp3) is 0.364. The van der Waals surface area contributed by atoms with Crippen molar-refractivity contribution in [3.63, 3.8) is 0 Å². The molecule has 17 heavy (non-hydrogen) atoms. The van der Waals surface area contributed by atoms with Crippen molar-refractivity contribution in [2.45, 2.75) is 25.2 Å². The van der Waals surface area contributed by atoms with Gasteiger partial charge in [0.25, 0.3) is 0 Å². The summed E-state index contributed by atoms with van der Waals surface area (Å²) in [6.07, 6.45) is -5.44. The summed E-state index contributed by atoms with van der Waals surface area (Å²) in [5, 5.41) is 2.53. The first-order chi connectivity index (χ1) is 7.88. The molecular formula is C11H10F3NO2. The molecular weight excluding hydrogens is 235 g/mol. The van der Waals surface area contributed by atoms with E-state index in [4.69, 9.17) is 4.74 Å². The van der Waals surface area contributed by atoms with E-state index in [0.717, 1.165) is 12.1 Å². The molecule has 1 aliphatic heterocycles. The van der Waals surface area contributed by atoms with Crippen LogP contribution in [0.15, 0.2) is 24.3 Å². The minimum Gasteiger partial charge on any atom is -0.439 e. The lowest BCUT2D eigenvalue weighted by molar-refractivity contribution is -0.137. The number of amides is 1. The van der Waals surface area contributed by atoms with Gasteiger partial charge in [-0.3, -0.25) is 0 Å². The number of alkyl halides is 3. The van der Waals surface area contributed by atoms with Gasteiger partial charge in [-0.2, -0.15) is 13.2 Å². The maximum atomic E-state index is 12.3. The quantitative estimate of drug-likeness (QED) is 0.826. The van der Waals surface area contributed by atoms with Gasteiger partial charge in [-0.05, 0) is 24.6 Å². The van der Waals surface area contributed by atoms with Crippen molar-refractivity contribution in [3.05, 3.63) is 35.4 Å². The molecule has 1 N–H and O–H groups in total. The Morgan fingerprint density at radius 1 is 1.24 bits per heavy atom. The van der Waals surface area contributed by atoms with Crippen LogP contribution in [0.25, 0.3) is 0 Å². The molecule has 1 aromatic rings. The predicted octanol–water partition coefficient (Wildman–Crippen LogP) is 2.87. The summed E-state index contributed by atoms with van der Waals surface area (Å²) in [7, 11) is 0. The Morgan fingerprint density at radius 3 is 2.24 bits per heavy atom. The molecule has 1 fully saturated rings. The van der Waals surface area contributed by atoms with Crippen molar-refractivity contribution >= 4 is 6.09 Å². The van der Waals surface area contributed by atoms with Gasteiger partial charge in [0.15, 0.2) is 0 Å². The van der Waals surface area contributed by atoms with E-state index in [1.54, 1.807) is 6.92 Å². The second kappa shape index (κ2) is 3.94. The summed E-state index contributed by atoms with van der Waals surface area (Å²) in [5.41, 5.74) is -0.171. The second-order valence-corrected chi connectivity index (χ2v) is 3.88. The van der Waals surface area contributed by atoms with Gasteiger partial charge in [-0.1, -0.05) is 12.1 Å². The van der Waals surface area contributed by atoms with Crippen LogP contribution in [0.5, 0.6) is 0 Å². The van der Waals surface area contributed by atoms with Gasteiger partial charge < -0.3 is 10.1 Å². The first kappa shape index (κ1) is 11.8. The van der Waals surface area contributed by atoms with Crippen molar-refractivity contribution in [1.82, 2.24) is 5.32 Å². The smallest absolute Gasteiger partial charge is 0.416 e. The van der Waals surface area contributed by atoms with E-state index >= 15 is 0 Å². The molecule has 0 aromatic heterocycles. The van der Waals surface area contributed by atoms with Crippen LogP contribution in [-0.4, -0.2) is 12.1 Å². The number of ether oxygens (including phenoxy) is 1. The molecule has 1 unspecified atom stereocenters. The molecule has 1 saturated heterocycles. The molecule has 1 amide bonds. The number of hydrogen-bond acceptors (Lipinski definition) is 2. The van der Waals surface area contributed by atoms with E-state index in [9.17, 15) is 18.0 Å². The summed E-state index contributed by atoms with van der Waals surface area (Å²) < 4.78 is 42.0. The van der Waals surface area contributed by atoms with Gasteiger partial charge in [-0.25, -0.2) is 4.79 Å². The van der Waals surface area contributed by atoms with Crippen LogP contribution in [0.2, 0.25) is 0 Å². The van der Waals surface area contributed by atoms with Gasteiger partial charge >= 0.3 is 12.3 Å². The molecule has 0 spiro atoms. The number of rotatable bonds is 1. The highest BCUT2D eigenvalue weighted by atomic mass is 19.4. The van der Waals surface area contributed by atoms with Gasteiger partial charge in [0.2, 0.25) is 0 Å². The molecule has 0 aliphatic carbocycles. The molecule has 0 radical (unpaired) electrons. The zero-order chi connectivity index (χ0) is 12.6. The van der Waals surface area contributed by atoms with Crippen LogP contribution >= 0.6 is 0 Å². The SMILES string of the molecule is CC1NC(=O)O[C@H]1c1ccc(C(F)(F)F)cc1. The van der Waals surface area contributed by atoms with Gasteiger partial charge in [0.05, 0.1) is 11.6 Å². The van der Waals surface area contributed by atoms with E-state index < -0.39 is 23.9 Å². The Kier molecular flexibility index (Phi) is 2.73. The number of carbonyl (C=O) groups is 1. The van der Waals surface area contributed by atoms with Crippen molar-refractivity contribution in [3.8, 4) is 0 Å². The molecule has 1 heterocycles. The second-order valence-electron chi connectivity index (χ2n) is 3.88. The van der Waals surface area contributed by atoms with Gasteiger partial charge in [-0.15, -0.1) is 0 Å². The van der Waals surface area contributed by atoms with E-state index in [0.29, 0.717) is 5.56 Å². The fourth-order valence-corrected chi connectivity index (χ4v) is 1.73. The highest BCUT2D eigenvalue weighted by Gasteiger charge is 2.33. The summed E-state index contributed by atoms with van der Waals surface area (Å²) in [6.45, 7) is 1.73. The van der Waals surface area contributed by atoms with Gasteiger partial charge in [0.1, 0.15) is 6.10 Å². The predicted molar refractivity (Wildman–Crippen MR) is 53.3 cm³/mol. The summed E-state index contributed by atoms with van der Waals surface area (Å²) >= 11 is 0. The number of halogens is 3. The minimum absolute atomic E-state index is 0.251. The van der Waals surface area contributed by atoms with E-state index in [1.807, 2.05) is 0 Å². The van der Waals surface area contributed by atoms with E-state index in [1.165, 1.54) is 12.1 Å². The molecule has 0 bridgehead atoms. The lowest BCUT2D eigenvalue weighted by Gasteiger charge is -2.14. The van der Waals surface area contributed by atoms with Crippen molar-refractivity contribution < 1.29 is 22.7 Å². The molecule has 3 nitrogen and oxygen atoms in total. The van der Waals surface area contributed by atoms with Crippen LogP contribution in [0.4, 0.5) is 18.0 Å². The molecule has 6 heteroatoms. The Morgan fingerprint density at radius 2 is 1.82 bits per heavy atom. The third kappa shape index (κ3) is 2.35. The molecule has 1 aromatic carbocycles. The van der Waals surface area contributed by atoms with Gasteiger partial charge in [0, 0.05) is 0 Å². The number of hydrogen-bond donors (Lipinski definition) is 1. The van der Waals surface area contributed by atoms with E-state index in [2.05, 4.69) is 5.32 Å². The standard InChI is InChI=1S/C11H10F3NO2/c1-6-9(17-10(16)15-6)7-2-4-8(5-3-7)11(12,13)14/h2-6,9H,1H3,(H,15,16)/t6?,9-/m1/s1. The maximum absolute atomic E-state index is 12.3. The fourth-order valence-electron chi connectivity index (χ4n) is 1.73. The number of benzene rings is 1. The molecule has 2 rings (SSSR count). The minimum atomic E-state index is -4.35. The monoisotopic (exact) mass is 245 g/mol. The highest BCUT2D eigenvalue weighted by Crippen LogP contribution is 2.32. The third-order valence-corrected chi connectivity index (χ3v) is 2.60. The zero-order valence-corrected chi connectivity index (χ0v) is 8.91. The Labute approximate surface area is 95.6 Å². The Balaban J connectivity index is 2.21. The van der Waals surface area contributed by atoms with Crippen molar-refractivity contribution in [2.24, 2.45) is 0 Å². The largest absolute Gasteiger partial charge is 0.439 e. The topological polar surface area (TPSA) is 38.3 Å². The normalized spacial score (nSPS) is 24.4. The first-order valence-electron chi connectivity index (χ1n) is 5.02. The Bertz CT molecular complexity index is 427. The Hall–Kier alpha value is -1.72. The number of nitrogens with one attached hydrogen (secondary N) is 1. The van der Waals surface area contributed by atoms with Crippen LogP contribution in [0, 0.1) is 0 Å². The third-order valence-electron chi connectivity index (χ3n) is 2.60. The summed E-state index contributed by atoms with van der Waals surface area (Å²) in [4.78, 5) is 11.0. The maximum Gasteiger partial charge on any atom is 0.416 e. The van der Waals surface area contributed by atoms with Crippen molar-refractivity contribution in [1.29, 1.82) is 0 Å². The summed E-state index contributed by atoms with van der Waals surface area (Å²) in [5.74, 6) is 0. The van der Waals surface area contributed by atoms with Crippen LogP contribution in [-0.2, 0) is 10.9 Å². The number of cyclic esters (lactones) is 1.